The monoisotopic (exact) mass is 533 g/mol. The van der Waals surface area contributed by atoms with Crippen molar-refractivity contribution < 1.29 is 34.4 Å². The van der Waals surface area contributed by atoms with Gasteiger partial charge in [-0.3, -0.25) is 4.90 Å². The van der Waals surface area contributed by atoms with E-state index in [1.165, 1.54) is 6.07 Å². The third-order valence-corrected chi connectivity index (χ3v) is 9.36. The first kappa shape index (κ1) is 25.8. The summed E-state index contributed by atoms with van der Waals surface area (Å²) in [5.41, 5.74) is 1.38. The van der Waals surface area contributed by atoms with Crippen LogP contribution in [0.5, 0.6) is 0 Å². The van der Waals surface area contributed by atoms with E-state index >= 15 is 0 Å². The Hall–Kier alpha value is -2.43. The molecule has 1 aromatic rings. The maximum absolute atomic E-state index is 14.4. The third kappa shape index (κ3) is 4.75. The highest BCUT2D eigenvalue weighted by molar-refractivity contribution is 5.91. The maximum atomic E-state index is 14.4. The Morgan fingerprint density at radius 3 is 2.53 bits per heavy atom. The number of hydrogen-bond acceptors (Lipinski definition) is 7. The number of hydrogen-bond donors (Lipinski definition) is 0. The summed E-state index contributed by atoms with van der Waals surface area (Å²) in [6.07, 6.45) is 5.77. The smallest absolute Gasteiger partial charge is 0.414 e. The average molecular weight is 534 g/mol. The van der Waals surface area contributed by atoms with E-state index < -0.39 is 6.09 Å². The topological polar surface area (TPSA) is 80.8 Å². The number of nitrogens with zero attached hydrogens (tertiary/aromatic N) is 3. The van der Waals surface area contributed by atoms with Crippen molar-refractivity contribution in [1.29, 1.82) is 0 Å². The van der Waals surface area contributed by atoms with Crippen LogP contribution in [-0.2, 0) is 24.4 Å². The highest BCUT2D eigenvalue weighted by Gasteiger charge is 2.50. The lowest BCUT2D eigenvalue weighted by molar-refractivity contribution is 0.00967. The van der Waals surface area contributed by atoms with Crippen molar-refractivity contribution in [1.82, 2.24) is 9.80 Å². The summed E-state index contributed by atoms with van der Waals surface area (Å²) < 4.78 is 35.9. The summed E-state index contributed by atoms with van der Waals surface area (Å²) >= 11 is 0. The minimum absolute atomic E-state index is 0. The van der Waals surface area contributed by atoms with Crippen LogP contribution in [0.15, 0.2) is 18.2 Å². The van der Waals surface area contributed by atoms with Gasteiger partial charge in [-0.05, 0) is 75.4 Å². The maximum Gasteiger partial charge on any atom is 0.414 e. The minimum atomic E-state index is -0.408. The Kier molecular flexibility index (Phi) is 7.22. The molecule has 0 N–H and O–H groups in total. The highest BCUT2D eigenvalue weighted by Crippen LogP contribution is 2.48. The molecule has 1 spiro atoms. The van der Waals surface area contributed by atoms with Crippen molar-refractivity contribution in [3.8, 4) is 0 Å². The first-order chi connectivity index (χ1) is 18.5. The van der Waals surface area contributed by atoms with E-state index in [0.29, 0.717) is 32.4 Å². The van der Waals surface area contributed by atoms with E-state index in [0.717, 1.165) is 69.3 Å². The molecule has 4 fully saturated rings. The predicted molar refractivity (Wildman–Crippen MR) is 139 cm³/mol. The number of amides is 2. The summed E-state index contributed by atoms with van der Waals surface area (Å²) in [6, 6.07) is 5.59. The number of anilines is 1. The Morgan fingerprint density at radius 1 is 1.08 bits per heavy atom. The fourth-order valence-electron chi connectivity index (χ4n) is 7.39. The van der Waals surface area contributed by atoms with Crippen LogP contribution in [-0.4, -0.2) is 99.4 Å². The normalized spacial score (nSPS) is 30.1. The predicted octanol–water partition coefficient (Wildman–Crippen LogP) is 3.93. The largest absolute Gasteiger partial charge is 0.447 e. The van der Waals surface area contributed by atoms with Gasteiger partial charge in [-0.2, -0.15) is 0 Å². The van der Waals surface area contributed by atoms with Gasteiger partial charge in [0.05, 0.1) is 25.5 Å². The van der Waals surface area contributed by atoms with Gasteiger partial charge in [-0.1, -0.05) is 0 Å². The number of benzene rings is 1. The van der Waals surface area contributed by atoms with Gasteiger partial charge in [-0.25, -0.2) is 14.0 Å². The van der Waals surface area contributed by atoms with Crippen LogP contribution in [0.1, 0.15) is 51.9 Å². The fourth-order valence-corrected chi connectivity index (χ4v) is 7.39. The molecule has 38 heavy (non-hydrogen) atoms. The van der Waals surface area contributed by atoms with Crippen molar-refractivity contribution in [2.24, 2.45) is 0 Å². The molecule has 1 aromatic carbocycles. The van der Waals surface area contributed by atoms with E-state index in [1.54, 1.807) is 24.1 Å². The fraction of sp³-hybridized carbons (Fsp3) is 0.714. The second-order valence-corrected chi connectivity index (χ2v) is 11.5. The number of fused-ring (bicyclic) bond motifs is 4. The second kappa shape index (κ2) is 10.6. The third-order valence-electron chi connectivity index (χ3n) is 9.36. The molecule has 3 atom stereocenters. The van der Waals surface area contributed by atoms with Crippen LogP contribution < -0.4 is 4.90 Å². The molecular formula is C28H40FN3O6. The van der Waals surface area contributed by atoms with E-state index in [1.807, 2.05) is 4.90 Å². The number of piperidine rings is 2. The SMILES string of the molecule is COCCOC(=O)N1CC2(CCN(C3CC4CCC(C3)N4C(=O)O[C@H]3CCOC3)CC2)c2cc(F)ccc21.[HH]. The summed E-state index contributed by atoms with van der Waals surface area (Å²) in [5, 5.41) is 0. The molecule has 6 rings (SSSR count). The van der Waals surface area contributed by atoms with Crippen LogP contribution in [0.2, 0.25) is 0 Å². The standard InChI is InChI=1S/C28H38FN3O6.H2/c1-35-12-13-37-26(33)31-18-28(24-14-19(29)2-5-25(24)31)7-9-30(10-8-28)22-15-20-3-4-21(16-22)32(20)27(34)38-23-6-11-36-17-23;/h2,5,14,20-23H,3-4,6-13,15-18H2,1H3;1H/t20?,21?,22?,23-;/m0./s1. The number of methoxy groups -OCH3 is 1. The molecule has 5 aliphatic rings. The zero-order valence-corrected chi connectivity index (χ0v) is 22.1. The number of likely N-dealkylation sites (tertiary alicyclic amines) is 1. The van der Waals surface area contributed by atoms with Crippen molar-refractivity contribution in [2.75, 3.05) is 58.1 Å². The molecule has 0 aliphatic carbocycles. The highest BCUT2D eigenvalue weighted by atomic mass is 19.1. The van der Waals surface area contributed by atoms with Gasteiger partial charge in [0, 0.05) is 45.0 Å². The Balaban J connectivity index is 0.00000308. The second-order valence-electron chi connectivity index (χ2n) is 11.5. The van der Waals surface area contributed by atoms with Gasteiger partial charge in [0.15, 0.2) is 0 Å². The van der Waals surface area contributed by atoms with E-state index in [2.05, 4.69) is 4.90 Å². The van der Waals surface area contributed by atoms with Gasteiger partial charge in [0.25, 0.3) is 0 Å². The van der Waals surface area contributed by atoms with Crippen molar-refractivity contribution in [3.05, 3.63) is 29.6 Å². The van der Waals surface area contributed by atoms with Gasteiger partial charge >= 0.3 is 12.2 Å². The lowest BCUT2D eigenvalue weighted by Gasteiger charge is -2.47. The van der Waals surface area contributed by atoms with Crippen LogP contribution >= 0.6 is 0 Å². The molecule has 0 aromatic heterocycles. The Labute approximate surface area is 224 Å². The van der Waals surface area contributed by atoms with Crippen LogP contribution in [0.4, 0.5) is 19.7 Å². The Morgan fingerprint density at radius 2 is 1.84 bits per heavy atom. The molecule has 4 saturated heterocycles. The molecule has 2 amide bonds. The lowest BCUT2D eigenvalue weighted by atomic mass is 9.73. The first-order valence-electron chi connectivity index (χ1n) is 14.0. The zero-order valence-electron chi connectivity index (χ0n) is 22.1. The summed E-state index contributed by atoms with van der Waals surface area (Å²) in [5.74, 6) is -0.278. The number of carbonyl (C=O) groups is 2. The number of halogens is 1. The van der Waals surface area contributed by atoms with Gasteiger partial charge in [-0.15, -0.1) is 0 Å². The Bertz CT molecular complexity index is 1030. The van der Waals surface area contributed by atoms with Crippen LogP contribution in [0, 0.1) is 5.82 Å². The quantitative estimate of drug-likeness (QED) is 0.531. The van der Waals surface area contributed by atoms with E-state index in [4.69, 9.17) is 18.9 Å². The molecule has 9 nitrogen and oxygen atoms in total. The lowest BCUT2D eigenvalue weighted by Crippen LogP contribution is -2.56. The van der Waals surface area contributed by atoms with Crippen molar-refractivity contribution >= 4 is 17.9 Å². The number of carbonyl (C=O) groups excluding carboxylic acids is 2. The summed E-state index contributed by atoms with van der Waals surface area (Å²) in [4.78, 5) is 32.0. The molecule has 2 bridgehead atoms. The van der Waals surface area contributed by atoms with Crippen LogP contribution in [0.3, 0.4) is 0 Å². The summed E-state index contributed by atoms with van der Waals surface area (Å²) in [7, 11) is 1.57. The van der Waals surface area contributed by atoms with Gasteiger partial charge in [0.1, 0.15) is 18.5 Å². The minimum Gasteiger partial charge on any atom is -0.447 e. The molecule has 5 aliphatic heterocycles. The van der Waals surface area contributed by atoms with Crippen LogP contribution in [0.25, 0.3) is 0 Å². The first-order valence-corrected chi connectivity index (χ1v) is 14.0. The number of ether oxygens (including phenoxy) is 4. The molecule has 10 heteroatoms. The molecule has 2 unspecified atom stereocenters. The molecule has 210 valence electrons. The van der Waals surface area contributed by atoms with Gasteiger partial charge < -0.3 is 28.7 Å². The number of rotatable bonds is 5. The molecular weight excluding hydrogens is 493 g/mol. The molecule has 0 radical (unpaired) electrons. The van der Waals surface area contributed by atoms with Crippen molar-refractivity contribution in [3.63, 3.8) is 0 Å². The van der Waals surface area contributed by atoms with E-state index in [-0.39, 0.29) is 43.5 Å². The average Bonchev–Trinajstić information content (AvgIpc) is 3.60. The summed E-state index contributed by atoms with van der Waals surface area (Å²) in [6.45, 7) is 3.96. The molecule has 5 heterocycles. The van der Waals surface area contributed by atoms with E-state index in [9.17, 15) is 14.0 Å². The van der Waals surface area contributed by atoms with Crippen molar-refractivity contribution in [2.45, 2.75) is 74.6 Å². The van der Waals surface area contributed by atoms with Gasteiger partial charge in [0.2, 0.25) is 0 Å². The zero-order chi connectivity index (χ0) is 26.3. The molecule has 0 saturated carbocycles.